The van der Waals surface area contributed by atoms with Crippen LogP contribution in [0.4, 0.5) is 10.9 Å². The molecule has 0 radical (unpaired) electrons. The third-order valence-electron chi connectivity index (χ3n) is 7.22. The van der Waals surface area contributed by atoms with Crippen molar-refractivity contribution in [1.82, 2.24) is 34.7 Å². The molecular weight excluding hydrogens is 464 g/mol. The highest BCUT2D eigenvalue weighted by molar-refractivity contribution is 7.17. The van der Waals surface area contributed by atoms with Gasteiger partial charge in [-0.3, -0.25) is 9.59 Å². The Bertz CT molecular complexity index is 1510. The second kappa shape index (κ2) is 7.51. The Morgan fingerprint density at radius 2 is 2.03 bits per heavy atom. The van der Waals surface area contributed by atoms with Crippen LogP contribution in [0, 0.1) is 6.92 Å². The number of thiazole rings is 1. The number of hydrogen-bond acceptors (Lipinski definition) is 7. The number of nitrogens with one attached hydrogen (secondary N) is 3. The number of aromatic amines is 1. The molecule has 4 aromatic heterocycles. The first-order valence-electron chi connectivity index (χ1n) is 12.3. The Labute approximate surface area is 205 Å². The number of nitrogens with zero attached hydrogens (tertiary/aromatic N) is 5. The van der Waals surface area contributed by atoms with Gasteiger partial charge in [0, 0.05) is 31.6 Å². The number of amides is 2. The fraction of sp³-hybridized carbons (Fsp3) is 0.458. The van der Waals surface area contributed by atoms with E-state index in [0.29, 0.717) is 47.4 Å². The molecule has 1 aliphatic heterocycles. The smallest absolute Gasteiger partial charge is 0.271 e. The van der Waals surface area contributed by atoms with Crippen molar-refractivity contribution in [3.05, 3.63) is 28.2 Å². The summed E-state index contributed by atoms with van der Waals surface area (Å²) in [5.74, 6) is 0.620. The van der Waals surface area contributed by atoms with Crippen LogP contribution in [0.3, 0.4) is 0 Å². The molecule has 35 heavy (non-hydrogen) atoms. The van der Waals surface area contributed by atoms with E-state index < -0.39 is 0 Å². The number of imidazole rings is 1. The van der Waals surface area contributed by atoms with Gasteiger partial charge in [-0.05, 0) is 45.1 Å². The molecule has 10 nitrogen and oxygen atoms in total. The first-order valence-corrected chi connectivity index (χ1v) is 13.1. The quantitative estimate of drug-likeness (QED) is 0.380. The van der Waals surface area contributed by atoms with Crippen LogP contribution in [0.15, 0.2) is 6.33 Å². The van der Waals surface area contributed by atoms with Gasteiger partial charge in [-0.25, -0.2) is 15.0 Å². The van der Waals surface area contributed by atoms with Gasteiger partial charge in [0.05, 0.1) is 17.4 Å². The molecule has 4 aromatic rings. The lowest BCUT2D eigenvalue weighted by molar-refractivity contribution is 0.0718. The van der Waals surface area contributed by atoms with Gasteiger partial charge >= 0.3 is 0 Å². The molecule has 180 valence electrons. The molecule has 2 saturated carbocycles. The van der Waals surface area contributed by atoms with Crippen LogP contribution in [0.2, 0.25) is 0 Å². The van der Waals surface area contributed by atoms with Gasteiger partial charge in [0.25, 0.3) is 11.8 Å². The van der Waals surface area contributed by atoms with E-state index in [1.165, 1.54) is 11.3 Å². The SMILES string of the molecule is CCn1c(C(=O)N(C2CC2)C2CC2)c(C)c2c3nc[nH]c3c(Nc3nc4c(s3)C(=O)NCC4)nc21. The van der Waals surface area contributed by atoms with Crippen LogP contribution in [0.25, 0.3) is 22.1 Å². The maximum Gasteiger partial charge on any atom is 0.271 e. The number of pyridine rings is 1. The summed E-state index contributed by atoms with van der Waals surface area (Å²) in [6, 6.07) is 0.753. The fourth-order valence-electron chi connectivity index (χ4n) is 5.32. The van der Waals surface area contributed by atoms with Gasteiger partial charge in [0.1, 0.15) is 27.3 Å². The molecule has 3 aliphatic rings. The highest BCUT2D eigenvalue weighted by Crippen LogP contribution is 2.41. The Balaban J connectivity index is 1.37. The highest BCUT2D eigenvalue weighted by Gasteiger charge is 2.44. The Morgan fingerprint density at radius 3 is 2.71 bits per heavy atom. The molecule has 0 bridgehead atoms. The van der Waals surface area contributed by atoms with Gasteiger partial charge in [0.15, 0.2) is 10.9 Å². The third-order valence-corrected chi connectivity index (χ3v) is 8.23. The van der Waals surface area contributed by atoms with E-state index in [-0.39, 0.29) is 11.8 Å². The lowest BCUT2D eigenvalue weighted by Crippen LogP contribution is -2.36. The fourth-order valence-corrected chi connectivity index (χ4v) is 6.24. The molecular formula is C24H26N8O2S. The summed E-state index contributed by atoms with van der Waals surface area (Å²) in [5.41, 5.74) is 4.73. The predicted molar refractivity (Wildman–Crippen MR) is 133 cm³/mol. The van der Waals surface area contributed by atoms with Crippen molar-refractivity contribution in [2.45, 2.75) is 64.6 Å². The van der Waals surface area contributed by atoms with E-state index in [9.17, 15) is 9.59 Å². The molecule has 0 unspecified atom stereocenters. The van der Waals surface area contributed by atoms with Crippen molar-refractivity contribution in [2.24, 2.45) is 0 Å². The third kappa shape index (κ3) is 3.17. The summed E-state index contributed by atoms with van der Waals surface area (Å²) < 4.78 is 2.03. The number of aryl methyl sites for hydroxylation is 2. The number of anilines is 2. The maximum atomic E-state index is 13.9. The zero-order valence-corrected chi connectivity index (χ0v) is 20.5. The van der Waals surface area contributed by atoms with Crippen molar-refractivity contribution in [3.8, 4) is 0 Å². The molecule has 0 aromatic carbocycles. The number of H-pyrrole nitrogens is 1. The first kappa shape index (κ1) is 20.9. The first-order chi connectivity index (χ1) is 17.0. The Morgan fingerprint density at radius 1 is 1.26 bits per heavy atom. The average molecular weight is 491 g/mol. The van der Waals surface area contributed by atoms with E-state index >= 15 is 0 Å². The van der Waals surface area contributed by atoms with Gasteiger partial charge in [0.2, 0.25) is 0 Å². The monoisotopic (exact) mass is 490 g/mol. The maximum absolute atomic E-state index is 13.9. The molecule has 7 rings (SSSR count). The zero-order chi connectivity index (χ0) is 23.8. The van der Waals surface area contributed by atoms with Crippen molar-refractivity contribution < 1.29 is 9.59 Å². The predicted octanol–water partition coefficient (Wildman–Crippen LogP) is 3.49. The van der Waals surface area contributed by atoms with Crippen LogP contribution >= 0.6 is 11.3 Å². The molecule has 0 spiro atoms. The number of aromatic nitrogens is 5. The second-order valence-corrected chi connectivity index (χ2v) is 10.6. The van der Waals surface area contributed by atoms with Gasteiger partial charge in [-0.15, -0.1) is 0 Å². The molecule has 11 heteroatoms. The van der Waals surface area contributed by atoms with Crippen LogP contribution in [-0.2, 0) is 13.0 Å². The van der Waals surface area contributed by atoms with Crippen LogP contribution < -0.4 is 10.6 Å². The van der Waals surface area contributed by atoms with E-state index in [4.69, 9.17) is 4.98 Å². The minimum atomic E-state index is -0.0820. The number of rotatable bonds is 6. The Kier molecular flexibility index (Phi) is 4.48. The summed E-state index contributed by atoms with van der Waals surface area (Å²) in [7, 11) is 0. The Hall–Kier alpha value is -3.47. The van der Waals surface area contributed by atoms with Crippen LogP contribution in [0.5, 0.6) is 0 Å². The van der Waals surface area contributed by atoms with E-state index in [1.807, 2.05) is 18.4 Å². The summed E-state index contributed by atoms with van der Waals surface area (Å²) in [6.07, 6.45) is 6.76. The molecule has 2 aliphatic carbocycles. The van der Waals surface area contributed by atoms with Crippen LogP contribution in [-0.4, -0.2) is 59.8 Å². The standard InChI is InChI=1S/C24H26N8O2S/c1-3-31-18(23(34)32(12-4-5-12)13-6-7-13)11(2)15-16-17(27-10-26-16)20(29-21(15)31)30-24-28-14-8-9-25-22(33)19(14)35-24/h10,12-13H,3-9H2,1-2H3,(H,25,33)(H,26,27)(H,28,29,30). The molecule has 3 N–H and O–H groups in total. The van der Waals surface area contributed by atoms with Crippen molar-refractivity contribution in [1.29, 1.82) is 0 Å². The average Bonchev–Trinajstić information content (AvgIpc) is 3.74. The largest absolute Gasteiger partial charge is 0.351 e. The molecule has 0 atom stereocenters. The summed E-state index contributed by atoms with van der Waals surface area (Å²) in [5, 5.41) is 7.71. The molecule has 0 saturated heterocycles. The minimum absolute atomic E-state index is 0.0820. The van der Waals surface area contributed by atoms with Crippen molar-refractivity contribution in [2.75, 3.05) is 11.9 Å². The number of fused-ring (bicyclic) bond motifs is 4. The number of carbonyl (C=O) groups excluding carboxylic acids is 2. The van der Waals surface area contributed by atoms with Crippen LogP contribution in [0.1, 0.15) is 64.0 Å². The van der Waals surface area contributed by atoms with Gasteiger partial charge < -0.3 is 25.1 Å². The zero-order valence-electron chi connectivity index (χ0n) is 19.6. The molecule has 5 heterocycles. The highest BCUT2D eigenvalue weighted by atomic mass is 32.1. The lowest BCUT2D eigenvalue weighted by Gasteiger charge is -2.23. The van der Waals surface area contributed by atoms with Crippen molar-refractivity contribution in [3.63, 3.8) is 0 Å². The minimum Gasteiger partial charge on any atom is -0.351 e. The van der Waals surface area contributed by atoms with E-state index in [1.54, 1.807) is 6.33 Å². The summed E-state index contributed by atoms with van der Waals surface area (Å²) >= 11 is 1.33. The van der Waals surface area contributed by atoms with Crippen molar-refractivity contribution >= 4 is 56.2 Å². The van der Waals surface area contributed by atoms with E-state index in [2.05, 4.69) is 30.5 Å². The number of carbonyl (C=O) groups is 2. The van der Waals surface area contributed by atoms with Gasteiger partial charge in [-0.2, -0.15) is 0 Å². The normalized spacial score (nSPS) is 17.6. The lowest BCUT2D eigenvalue weighted by atomic mass is 10.1. The van der Waals surface area contributed by atoms with Gasteiger partial charge in [-0.1, -0.05) is 11.3 Å². The summed E-state index contributed by atoms with van der Waals surface area (Å²) in [4.78, 5) is 46.3. The summed E-state index contributed by atoms with van der Waals surface area (Å²) in [6.45, 7) is 5.28. The second-order valence-electron chi connectivity index (χ2n) is 9.60. The molecule has 2 amide bonds. The number of hydrogen-bond donors (Lipinski definition) is 3. The topological polar surface area (TPSA) is 121 Å². The van der Waals surface area contributed by atoms with E-state index in [0.717, 1.165) is 64.7 Å². The molecule has 2 fully saturated rings.